The van der Waals surface area contributed by atoms with Crippen molar-refractivity contribution in [1.29, 1.82) is 0 Å². The molecule has 0 aromatic heterocycles. The van der Waals surface area contributed by atoms with Gasteiger partial charge in [0.2, 0.25) is 0 Å². The summed E-state index contributed by atoms with van der Waals surface area (Å²) in [5.41, 5.74) is 7.99. The molecule has 2 N–H and O–H groups in total. The van der Waals surface area contributed by atoms with E-state index in [4.69, 9.17) is 10.5 Å². The summed E-state index contributed by atoms with van der Waals surface area (Å²) in [6.07, 6.45) is 0. The maximum atomic E-state index is 6.00. The molecule has 2 aromatic carbocycles. The average Bonchev–Trinajstić information content (AvgIpc) is 2.40. The number of halogens is 1. The van der Waals surface area contributed by atoms with Crippen molar-refractivity contribution in [2.75, 3.05) is 12.3 Å². The fourth-order valence-electron chi connectivity index (χ4n) is 1.73. The van der Waals surface area contributed by atoms with Crippen LogP contribution < -0.4 is 10.5 Å². The van der Waals surface area contributed by atoms with Gasteiger partial charge in [0.25, 0.3) is 0 Å². The van der Waals surface area contributed by atoms with Crippen LogP contribution in [0.4, 0.5) is 5.69 Å². The van der Waals surface area contributed by atoms with Crippen molar-refractivity contribution in [3.05, 3.63) is 52.5 Å². The standard InChI is InChI=1S/C15H16BrNOS/c1-2-18-14-6-4-3-5-11(14)10-19-15-8-7-12(16)9-13(15)17/h3-9H,2,10,17H2,1H3. The second kappa shape index (κ2) is 6.87. The molecule has 2 nitrogen and oxygen atoms in total. The molecular weight excluding hydrogens is 322 g/mol. The van der Waals surface area contributed by atoms with Crippen LogP contribution in [-0.2, 0) is 5.75 Å². The smallest absolute Gasteiger partial charge is 0.123 e. The summed E-state index contributed by atoms with van der Waals surface area (Å²) in [5, 5.41) is 0. The van der Waals surface area contributed by atoms with Crippen LogP contribution in [0.15, 0.2) is 51.8 Å². The number of para-hydroxylation sites is 1. The van der Waals surface area contributed by atoms with E-state index < -0.39 is 0 Å². The summed E-state index contributed by atoms with van der Waals surface area (Å²) in [4.78, 5) is 1.09. The molecule has 0 atom stereocenters. The zero-order chi connectivity index (χ0) is 13.7. The highest BCUT2D eigenvalue weighted by atomic mass is 79.9. The van der Waals surface area contributed by atoms with Gasteiger partial charge >= 0.3 is 0 Å². The number of benzene rings is 2. The first kappa shape index (κ1) is 14.3. The molecule has 0 amide bonds. The molecule has 0 saturated heterocycles. The first-order chi connectivity index (χ1) is 9.20. The number of nitrogens with two attached hydrogens (primary N) is 1. The van der Waals surface area contributed by atoms with Crippen LogP contribution in [0.5, 0.6) is 5.75 Å². The Bertz CT molecular complexity index is 560. The molecule has 0 spiro atoms. The number of rotatable bonds is 5. The highest BCUT2D eigenvalue weighted by molar-refractivity contribution is 9.10. The summed E-state index contributed by atoms with van der Waals surface area (Å²) in [6, 6.07) is 14.1. The monoisotopic (exact) mass is 337 g/mol. The zero-order valence-corrected chi connectivity index (χ0v) is 13.1. The predicted molar refractivity (Wildman–Crippen MR) is 85.7 cm³/mol. The fraction of sp³-hybridized carbons (Fsp3) is 0.200. The van der Waals surface area contributed by atoms with Gasteiger partial charge in [0.05, 0.1) is 6.61 Å². The molecule has 19 heavy (non-hydrogen) atoms. The maximum absolute atomic E-state index is 6.00. The lowest BCUT2D eigenvalue weighted by molar-refractivity contribution is 0.337. The van der Waals surface area contributed by atoms with Crippen molar-refractivity contribution in [2.24, 2.45) is 0 Å². The molecule has 2 aromatic rings. The quantitative estimate of drug-likeness (QED) is 0.633. The van der Waals surface area contributed by atoms with Crippen molar-refractivity contribution in [1.82, 2.24) is 0 Å². The van der Waals surface area contributed by atoms with Gasteiger partial charge in [-0.05, 0) is 31.2 Å². The number of nitrogen functional groups attached to an aromatic ring is 1. The van der Waals surface area contributed by atoms with E-state index in [1.807, 2.05) is 43.3 Å². The number of thioether (sulfide) groups is 1. The van der Waals surface area contributed by atoms with E-state index in [0.717, 1.165) is 26.6 Å². The molecule has 0 radical (unpaired) electrons. The second-order valence-electron chi connectivity index (χ2n) is 4.01. The summed E-state index contributed by atoms with van der Waals surface area (Å²) in [6.45, 7) is 2.68. The third-order valence-electron chi connectivity index (χ3n) is 2.63. The van der Waals surface area contributed by atoms with E-state index in [-0.39, 0.29) is 0 Å². The van der Waals surface area contributed by atoms with Crippen molar-refractivity contribution >= 4 is 33.4 Å². The van der Waals surface area contributed by atoms with Crippen LogP contribution in [-0.4, -0.2) is 6.61 Å². The Morgan fingerprint density at radius 2 is 2.00 bits per heavy atom. The molecule has 2 rings (SSSR count). The van der Waals surface area contributed by atoms with Crippen LogP contribution in [0.25, 0.3) is 0 Å². The average molecular weight is 338 g/mol. The SMILES string of the molecule is CCOc1ccccc1CSc1ccc(Br)cc1N. The molecule has 0 aliphatic heterocycles. The van der Waals surface area contributed by atoms with E-state index in [2.05, 4.69) is 22.0 Å². The Balaban J connectivity index is 2.10. The minimum atomic E-state index is 0.683. The largest absolute Gasteiger partial charge is 0.494 e. The summed E-state index contributed by atoms with van der Waals surface area (Å²) >= 11 is 5.14. The Morgan fingerprint density at radius 1 is 1.21 bits per heavy atom. The Kier molecular flexibility index (Phi) is 5.16. The lowest BCUT2D eigenvalue weighted by Crippen LogP contribution is -1.95. The van der Waals surface area contributed by atoms with Crippen molar-refractivity contribution in [3.63, 3.8) is 0 Å². The minimum Gasteiger partial charge on any atom is -0.494 e. The molecular formula is C15H16BrNOS. The van der Waals surface area contributed by atoms with Crippen molar-refractivity contribution in [3.8, 4) is 5.75 Å². The first-order valence-electron chi connectivity index (χ1n) is 6.09. The number of hydrogen-bond donors (Lipinski definition) is 1. The highest BCUT2D eigenvalue weighted by Gasteiger charge is 2.05. The number of ether oxygens (including phenoxy) is 1. The van der Waals surface area contributed by atoms with Gasteiger partial charge in [-0.15, -0.1) is 11.8 Å². The summed E-state index contributed by atoms with van der Waals surface area (Å²) in [7, 11) is 0. The molecule has 0 fully saturated rings. The molecule has 0 heterocycles. The van der Waals surface area contributed by atoms with Gasteiger partial charge < -0.3 is 10.5 Å². The number of hydrogen-bond acceptors (Lipinski definition) is 3. The molecule has 100 valence electrons. The van der Waals surface area contributed by atoms with Crippen LogP contribution in [0, 0.1) is 0 Å². The third-order valence-corrected chi connectivity index (χ3v) is 4.26. The van der Waals surface area contributed by atoms with Crippen molar-refractivity contribution in [2.45, 2.75) is 17.6 Å². The van der Waals surface area contributed by atoms with Gasteiger partial charge in [-0.1, -0.05) is 34.1 Å². The highest BCUT2D eigenvalue weighted by Crippen LogP contribution is 2.32. The van der Waals surface area contributed by atoms with Crippen LogP contribution in [0.2, 0.25) is 0 Å². The Hall–Kier alpha value is -1.13. The van der Waals surface area contributed by atoms with Crippen LogP contribution >= 0.6 is 27.7 Å². The molecule has 0 bridgehead atoms. The zero-order valence-electron chi connectivity index (χ0n) is 10.7. The maximum Gasteiger partial charge on any atom is 0.123 e. The van der Waals surface area contributed by atoms with Gasteiger partial charge in [0, 0.05) is 26.4 Å². The van der Waals surface area contributed by atoms with E-state index >= 15 is 0 Å². The van der Waals surface area contributed by atoms with Crippen LogP contribution in [0.3, 0.4) is 0 Å². The lowest BCUT2D eigenvalue weighted by atomic mass is 10.2. The Morgan fingerprint density at radius 3 is 2.74 bits per heavy atom. The second-order valence-corrected chi connectivity index (χ2v) is 5.94. The van der Waals surface area contributed by atoms with Gasteiger partial charge in [-0.2, -0.15) is 0 Å². The topological polar surface area (TPSA) is 35.2 Å². The third kappa shape index (κ3) is 3.91. The molecule has 0 aliphatic rings. The number of anilines is 1. The molecule has 0 aliphatic carbocycles. The fourth-order valence-corrected chi connectivity index (χ4v) is 3.04. The van der Waals surface area contributed by atoms with E-state index in [1.54, 1.807) is 11.8 Å². The predicted octanol–water partition coefficient (Wildman–Crippen LogP) is 4.72. The molecule has 0 saturated carbocycles. The molecule has 0 unspecified atom stereocenters. The minimum absolute atomic E-state index is 0.683. The normalized spacial score (nSPS) is 10.4. The summed E-state index contributed by atoms with van der Waals surface area (Å²) < 4.78 is 6.63. The van der Waals surface area contributed by atoms with E-state index in [1.165, 1.54) is 5.56 Å². The summed E-state index contributed by atoms with van der Waals surface area (Å²) in [5.74, 6) is 1.80. The lowest BCUT2D eigenvalue weighted by Gasteiger charge is -2.10. The Labute approximate surface area is 126 Å². The van der Waals surface area contributed by atoms with Gasteiger partial charge in [-0.3, -0.25) is 0 Å². The van der Waals surface area contributed by atoms with Gasteiger partial charge in [0.15, 0.2) is 0 Å². The van der Waals surface area contributed by atoms with Gasteiger partial charge in [0.1, 0.15) is 5.75 Å². The molecule has 4 heteroatoms. The van der Waals surface area contributed by atoms with Crippen molar-refractivity contribution < 1.29 is 4.74 Å². The van der Waals surface area contributed by atoms with E-state index in [9.17, 15) is 0 Å². The van der Waals surface area contributed by atoms with Gasteiger partial charge in [-0.25, -0.2) is 0 Å². The van der Waals surface area contributed by atoms with E-state index in [0.29, 0.717) is 6.61 Å². The van der Waals surface area contributed by atoms with Crippen LogP contribution in [0.1, 0.15) is 12.5 Å². The first-order valence-corrected chi connectivity index (χ1v) is 7.87.